The van der Waals surface area contributed by atoms with E-state index in [2.05, 4.69) is 22.5 Å². The highest BCUT2D eigenvalue weighted by atomic mass is 16.5. The first-order valence-corrected chi connectivity index (χ1v) is 6.23. The first-order valence-electron chi connectivity index (χ1n) is 6.23. The van der Waals surface area contributed by atoms with Crippen LogP contribution in [0.4, 0.5) is 0 Å². The van der Waals surface area contributed by atoms with Gasteiger partial charge in [0.1, 0.15) is 5.82 Å². The minimum absolute atomic E-state index is 0.465. The lowest BCUT2D eigenvalue weighted by atomic mass is 10.2. The van der Waals surface area contributed by atoms with Crippen LogP contribution in [0.5, 0.6) is 11.5 Å². The smallest absolute Gasteiger partial charge is 0.163 e. The first kappa shape index (κ1) is 13.2. The number of nitriles is 1. The van der Waals surface area contributed by atoms with Gasteiger partial charge >= 0.3 is 0 Å². The van der Waals surface area contributed by atoms with E-state index in [0.29, 0.717) is 24.5 Å². The molecule has 0 atom stereocenters. The average molecular weight is 259 g/mol. The number of hydrogen-bond donors (Lipinski definition) is 0. The van der Waals surface area contributed by atoms with Crippen molar-refractivity contribution in [1.29, 1.82) is 5.26 Å². The van der Waals surface area contributed by atoms with Crippen molar-refractivity contribution in [2.24, 2.45) is 0 Å². The molecule has 100 valence electrons. The number of methoxy groups -OCH3 is 2. The second kappa shape index (κ2) is 5.61. The third-order valence-electron chi connectivity index (χ3n) is 3.10. The lowest BCUT2D eigenvalue weighted by molar-refractivity contribution is 0.355. The van der Waals surface area contributed by atoms with Crippen LogP contribution in [0, 0.1) is 11.3 Å². The van der Waals surface area contributed by atoms with Crippen molar-refractivity contribution < 1.29 is 9.47 Å². The number of ether oxygens (including phenoxy) is 2. The van der Waals surface area contributed by atoms with Crippen LogP contribution in [-0.2, 0) is 13.0 Å². The molecule has 0 spiro atoms. The van der Waals surface area contributed by atoms with E-state index >= 15 is 0 Å². The molecule has 0 aliphatic heterocycles. The van der Waals surface area contributed by atoms with Crippen LogP contribution in [0.1, 0.15) is 19.2 Å². The Hall–Kier alpha value is -2.22. The van der Waals surface area contributed by atoms with Gasteiger partial charge in [0.05, 0.1) is 37.7 Å². The molecule has 0 bridgehead atoms. The van der Waals surface area contributed by atoms with Crippen molar-refractivity contribution in [3.05, 3.63) is 18.0 Å². The molecule has 1 aromatic carbocycles. The van der Waals surface area contributed by atoms with E-state index in [1.54, 1.807) is 14.2 Å². The van der Waals surface area contributed by atoms with E-state index in [1.807, 2.05) is 12.1 Å². The topological polar surface area (TPSA) is 60.1 Å². The highest BCUT2D eigenvalue weighted by Crippen LogP contribution is 2.32. The van der Waals surface area contributed by atoms with Gasteiger partial charge in [-0.05, 0) is 0 Å². The summed E-state index contributed by atoms with van der Waals surface area (Å²) >= 11 is 0. The normalized spacial score (nSPS) is 10.4. The molecule has 1 aromatic heterocycles. The SMILES string of the molecule is CCc1nc2cc(OC)c(OC)cc2n1CCC#N. The molecule has 0 saturated carbocycles. The second-order valence-electron chi connectivity index (χ2n) is 4.14. The maximum absolute atomic E-state index is 8.76. The number of benzene rings is 1. The van der Waals surface area contributed by atoms with Gasteiger partial charge in [0.25, 0.3) is 0 Å². The molecular formula is C14H17N3O2. The molecule has 0 aliphatic rings. The second-order valence-corrected chi connectivity index (χ2v) is 4.14. The van der Waals surface area contributed by atoms with E-state index < -0.39 is 0 Å². The third-order valence-corrected chi connectivity index (χ3v) is 3.10. The Kier molecular flexibility index (Phi) is 3.91. The fraction of sp³-hybridized carbons (Fsp3) is 0.429. The first-order chi connectivity index (χ1) is 9.24. The highest BCUT2D eigenvalue weighted by molar-refractivity contribution is 5.80. The molecule has 2 aromatic rings. The van der Waals surface area contributed by atoms with E-state index in [1.165, 1.54) is 0 Å². The molecule has 2 rings (SSSR count). The van der Waals surface area contributed by atoms with Crippen LogP contribution in [0.15, 0.2) is 12.1 Å². The summed E-state index contributed by atoms with van der Waals surface area (Å²) in [5.41, 5.74) is 1.84. The molecule has 1 heterocycles. The summed E-state index contributed by atoms with van der Waals surface area (Å²) in [4.78, 5) is 4.59. The van der Waals surface area contributed by atoms with E-state index in [9.17, 15) is 0 Å². The van der Waals surface area contributed by atoms with E-state index in [-0.39, 0.29) is 0 Å². The standard InChI is InChI=1S/C14H17N3O2/c1-4-14-16-10-8-12(18-2)13(19-3)9-11(10)17(14)7-5-6-15/h8-9H,4-5,7H2,1-3H3. The Bertz CT molecular complexity index is 626. The molecule has 0 unspecified atom stereocenters. The van der Waals surface area contributed by atoms with Crippen molar-refractivity contribution in [3.63, 3.8) is 0 Å². The molecule has 0 fully saturated rings. The zero-order valence-corrected chi connectivity index (χ0v) is 11.4. The lowest BCUT2D eigenvalue weighted by Crippen LogP contribution is -2.02. The minimum Gasteiger partial charge on any atom is -0.493 e. The third kappa shape index (κ3) is 2.34. The number of rotatable bonds is 5. The van der Waals surface area contributed by atoms with Gasteiger partial charge in [0, 0.05) is 25.1 Å². The van der Waals surface area contributed by atoms with Crippen LogP contribution in [0.25, 0.3) is 11.0 Å². The fourth-order valence-electron chi connectivity index (χ4n) is 2.18. The summed E-state index contributed by atoms with van der Waals surface area (Å²) in [6.07, 6.45) is 1.29. The zero-order valence-electron chi connectivity index (χ0n) is 11.4. The number of fused-ring (bicyclic) bond motifs is 1. The number of imidazole rings is 1. The van der Waals surface area contributed by atoms with Crippen molar-refractivity contribution in [2.75, 3.05) is 14.2 Å². The maximum atomic E-state index is 8.76. The van der Waals surface area contributed by atoms with Crippen LogP contribution in [0.3, 0.4) is 0 Å². The van der Waals surface area contributed by atoms with Gasteiger partial charge in [-0.25, -0.2) is 4.98 Å². The van der Waals surface area contributed by atoms with Crippen LogP contribution in [-0.4, -0.2) is 23.8 Å². The summed E-state index contributed by atoms with van der Waals surface area (Å²) in [5.74, 6) is 2.32. The van der Waals surface area contributed by atoms with Gasteiger partial charge in [-0.15, -0.1) is 0 Å². The number of aryl methyl sites for hydroxylation is 2. The summed E-state index contributed by atoms with van der Waals surface area (Å²) in [6, 6.07) is 5.95. The van der Waals surface area contributed by atoms with Gasteiger partial charge in [-0.3, -0.25) is 0 Å². The molecule has 0 amide bonds. The fourth-order valence-corrected chi connectivity index (χ4v) is 2.18. The molecule has 5 nitrogen and oxygen atoms in total. The van der Waals surface area contributed by atoms with Gasteiger partial charge in [0.2, 0.25) is 0 Å². The Labute approximate surface area is 112 Å². The summed E-state index contributed by atoms with van der Waals surface area (Å²) < 4.78 is 12.7. The molecule has 0 radical (unpaired) electrons. The predicted molar refractivity (Wildman–Crippen MR) is 72.4 cm³/mol. The number of nitrogens with zero attached hydrogens (tertiary/aromatic N) is 3. The molecule has 0 aliphatic carbocycles. The van der Waals surface area contributed by atoms with Gasteiger partial charge in [-0.2, -0.15) is 5.26 Å². The minimum atomic E-state index is 0.465. The Morgan fingerprint density at radius 1 is 1.26 bits per heavy atom. The quantitative estimate of drug-likeness (QED) is 0.827. The molecule has 5 heteroatoms. The lowest BCUT2D eigenvalue weighted by Gasteiger charge is -2.09. The van der Waals surface area contributed by atoms with Crippen molar-refractivity contribution in [1.82, 2.24) is 9.55 Å². The van der Waals surface area contributed by atoms with Gasteiger partial charge in [-0.1, -0.05) is 6.92 Å². The Morgan fingerprint density at radius 3 is 2.53 bits per heavy atom. The van der Waals surface area contributed by atoms with Crippen LogP contribution in [0.2, 0.25) is 0 Å². The largest absolute Gasteiger partial charge is 0.493 e. The van der Waals surface area contributed by atoms with Crippen molar-refractivity contribution in [3.8, 4) is 17.6 Å². The summed E-state index contributed by atoms with van der Waals surface area (Å²) in [6.45, 7) is 2.70. The predicted octanol–water partition coefficient (Wildman–Crippen LogP) is 2.53. The molecule has 0 N–H and O–H groups in total. The molecule has 19 heavy (non-hydrogen) atoms. The maximum Gasteiger partial charge on any atom is 0.163 e. The molecule has 0 saturated heterocycles. The zero-order chi connectivity index (χ0) is 13.8. The number of hydrogen-bond acceptors (Lipinski definition) is 4. The van der Waals surface area contributed by atoms with Gasteiger partial charge < -0.3 is 14.0 Å². The van der Waals surface area contributed by atoms with Crippen molar-refractivity contribution in [2.45, 2.75) is 26.3 Å². The monoisotopic (exact) mass is 259 g/mol. The Balaban J connectivity index is 2.61. The molecular weight excluding hydrogens is 242 g/mol. The van der Waals surface area contributed by atoms with Gasteiger partial charge in [0.15, 0.2) is 11.5 Å². The van der Waals surface area contributed by atoms with Crippen LogP contribution < -0.4 is 9.47 Å². The summed E-state index contributed by atoms with van der Waals surface area (Å²) in [5, 5.41) is 8.76. The van der Waals surface area contributed by atoms with E-state index in [0.717, 1.165) is 23.3 Å². The average Bonchev–Trinajstić information content (AvgIpc) is 2.80. The van der Waals surface area contributed by atoms with E-state index in [4.69, 9.17) is 14.7 Å². The Morgan fingerprint density at radius 2 is 1.95 bits per heavy atom. The van der Waals surface area contributed by atoms with Crippen molar-refractivity contribution >= 4 is 11.0 Å². The number of aromatic nitrogens is 2. The highest BCUT2D eigenvalue weighted by Gasteiger charge is 2.13. The van der Waals surface area contributed by atoms with Crippen LogP contribution >= 0.6 is 0 Å². The summed E-state index contributed by atoms with van der Waals surface area (Å²) in [7, 11) is 3.22.